The van der Waals surface area contributed by atoms with E-state index in [1.54, 1.807) is 0 Å². The van der Waals surface area contributed by atoms with E-state index in [2.05, 4.69) is 4.98 Å². The maximum absolute atomic E-state index is 11.0. The second-order valence-corrected chi connectivity index (χ2v) is 5.75. The summed E-state index contributed by atoms with van der Waals surface area (Å²) in [6.45, 7) is 0. The molecule has 1 fully saturated rings. The van der Waals surface area contributed by atoms with Crippen LogP contribution >= 0.6 is 0 Å². The zero-order chi connectivity index (χ0) is 12.5. The van der Waals surface area contributed by atoms with Crippen molar-refractivity contribution < 1.29 is 13.2 Å². The fraction of sp³-hybridized carbons (Fsp3) is 0.500. The molecular weight excluding hydrogens is 242 g/mol. The van der Waals surface area contributed by atoms with Gasteiger partial charge in [0.15, 0.2) is 0 Å². The lowest BCUT2D eigenvalue weighted by Crippen LogP contribution is -2.19. The molecular formula is C10H15N3O3S. The highest BCUT2D eigenvalue weighted by molar-refractivity contribution is 7.89. The summed E-state index contributed by atoms with van der Waals surface area (Å²) in [7, 11) is -3.69. The lowest BCUT2D eigenvalue weighted by molar-refractivity contribution is 0.199. The number of hydrogen-bond donors (Lipinski definition) is 2. The van der Waals surface area contributed by atoms with Gasteiger partial charge in [-0.1, -0.05) is 0 Å². The van der Waals surface area contributed by atoms with E-state index in [0.717, 1.165) is 19.3 Å². The largest absolute Gasteiger partial charge is 0.474 e. The van der Waals surface area contributed by atoms with Crippen LogP contribution in [0, 0.1) is 0 Å². The fourth-order valence-electron chi connectivity index (χ4n) is 1.86. The number of rotatable bonds is 3. The van der Waals surface area contributed by atoms with Gasteiger partial charge in [-0.15, -0.1) is 0 Å². The van der Waals surface area contributed by atoms with Gasteiger partial charge in [0.2, 0.25) is 15.9 Å². The number of nitrogens with zero attached hydrogens (tertiary/aromatic N) is 1. The van der Waals surface area contributed by atoms with Crippen LogP contribution in [-0.2, 0) is 10.0 Å². The van der Waals surface area contributed by atoms with E-state index < -0.39 is 10.0 Å². The molecule has 0 saturated heterocycles. The van der Waals surface area contributed by atoms with Crippen LogP contribution in [0.1, 0.15) is 19.3 Å². The Kier molecular flexibility index (Phi) is 3.32. The molecule has 0 spiro atoms. The third-order valence-electron chi connectivity index (χ3n) is 2.75. The van der Waals surface area contributed by atoms with Crippen LogP contribution in [0.2, 0.25) is 0 Å². The van der Waals surface area contributed by atoms with Gasteiger partial charge in [0.05, 0.1) is 6.20 Å². The van der Waals surface area contributed by atoms with Crippen molar-refractivity contribution in [1.29, 1.82) is 0 Å². The molecule has 0 aromatic carbocycles. The maximum atomic E-state index is 11.0. The zero-order valence-corrected chi connectivity index (χ0v) is 10.1. The average Bonchev–Trinajstić information content (AvgIpc) is 2.63. The third kappa shape index (κ3) is 3.15. The Bertz CT molecular complexity index is 486. The molecule has 4 N–H and O–H groups in total. The average molecular weight is 257 g/mol. The quantitative estimate of drug-likeness (QED) is 0.791. The van der Waals surface area contributed by atoms with Gasteiger partial charge in [-0.3, -0.25) is 0 Å². The van der Waals surface area contributed by atoms with Crippen molar-refractivity contribution in [3.05, 3.63) is 18.3 Å². The highest BCUT2D eigenvalue weighted by atomic mass is 32.2. The number of ether oxygens (including phenoxy) is 1. The summed E-state index contributed by atoms with van der Waals surface area (Å²) < 4.78 is 27.6. The first-order chi connectivity index (χ1) is 7.95. The molecule has 0 amide bonds. The topological polar surface area (TPSA) is 108 Å². The van der Waals surface area contributed by atoms with E-state index in [1.807, 2.05) is 0 Å². The smallest absolute Gasteiger partial charge is 0.239 e. The Hall–Kier alpha value is -1.18. The van der Waals surface area contributed by atoms with Gasteiger partial charge < -0.3 is 10.5 Å². The first kappa shape index (κ1) is 12.3. The first-order valence-corrected chi connectivity index (χ1v) is 6.91. The highest BCUT2D eigenvalue weighted by Crippen LogP contribution is 2.22. The first-order valence-electron chi connectivity index (χ1n) is 5.36. The van der Waals surface area contributed by atoms with E-state index in [-0.39, 0.29) is 17.0 Å². The van der Waals surface area contributed by atoms with Crippen LogP contribution in [0.4, 0.5) is 0 Å². The summed E-state index contributed by atoms with van der Waals surface area (Å²) in [6.07, 6.45) is 3.91. The van der Waals surface area contributed by atoms with Gasteiger partial charge in [-0.25, -0.2) is 18.5 Å². The summed E-state index contributed by atoms with van der Waals surface area (Å²) in [5.41, 5.74) is 5.76. The molecule has 0 aliphatic heterocycles. The molecule has 94 valence electrons. The monoisotopic (exact) mass is 257 g/mol. The highest BCUT2D eigenvalue weighted by Gasteiger charge is 2.23. The summed E-state index contributed by atoms with van der Waals surface area (Å²) in [6, 6.07) is 3.07. The van der Waals surface area contributed by atoms with E-state index in [4.69, 9.17) is 15.6 Å². The van der Waals surface area contributed by atoms with Gasteiger partial charge in [-0.2, -0.15) is 0 Å². The van der Waals surface area contributed by atoms with Crippen LogP contribution in [0.25, 0.3) is 0 Å². The molecule has 1 aliphatic rings. The minimum absolute atomic E-state index is 0.0204. The summed E-state index contributed by atoms with van der Waals surface area (Å²) in [5, 5.41) is 4.96. The second-order valence-electron chi connectivity index (χ2n) is 4.19. The molecule has 0 radical (unpaired) electrons. The molecule has 6 nitrogen and oxygen atoms in total. The Labute approximate surface area is 100 Å². The van der Waals surface area contributed by atoms with Crippen molar-refractivity contribution in [3.8, 4) is 5.88 Å². The normalized spacial score (nSPS) is 24.8. The third-order valence-corrected chi connectivity index (χ3v) is 3.65. The van der Waals surface area contributed by atoms with Crippen LogP contribution in [0.5, 0.6) is 5.88 Å². The van der Waals surface area contributed by atoms with E-state index >= 15 is 0 Å². The van der Waals surface area contributed by atoms with Crippen molar-refractivity contribution >= 4 is 10.0 Å². The molecule has 1 aromatic rings. The van der Waals surface area contributed by atoms with Crippen molar-refractivity contribution in [3.63, 3.8) is 0 Å². The number of sulfonamides is 1. The number of nitrogens with two attached hydrogens (primary N) is 2. The van der Waals surface area contributed by atoms with Crippen molar-refractivity contribution in [1.82, 2.24) is 4.98 Å². The van der Waals surface area contributed by atoms with Crippen LogP contribution in [0.15, 0.2) is 23.2 Å². The van der Waals surface area contributed by atoms with Crippen LogP contribution < -0.4 is 15.6 Å². The summed E-state index contributed by atoms with van der Waals surface area (Å²) >= 11 is 0. The standard InChI is InChI=1S/C10H15N3O3S/c11-7-1-2-8(5-7)16-10-4-3-9(6-13-10)17(12,14)15/h3-4,6-8H,1-2,5,11H2,(H2,12,14,15). The van der Waals surface area contributed by atoms with E-state index in [9.17, 15) is 8.42 Å². The van der Waals surface area contributed by atoms with Crippen LogP contribution in [-0.4, -0.2) is 25.5 Å². The number of aromatic nitrogens is 1. The molecule has 0 bridgehead atoms. The van der Waals surface area contributed by atoms with Gasteiger partial charge in [-0.05, 0) is 25.3 Å². The molecule has 1 heterocycles. The molecule has 1 aliphatic carbocycles. The fourth-order valence-corrected chi connectivity index (χ4v) is 2.31. The molecule has 1 aromatic heterocycles. The molecule has 1 saturated carbocycles. The minimum atomic E-state index is -3.69. The minimum Gasteiger partial charge on any atom is -0.474 e. The number of pyridine rings is 1. The van der Waals surface area contributed by atoms with Crippen molar-refractivity contribution in [2.24, 2.45) is 10.9 Å². The van der Waals surface area contributed by atoms with Gasteiger partial charge in [0.1, 0.15) is 11.0 Å². The Morgan fingerprint density at radius 3 is 2.59 bits per heavy atom. The molecule has 2 rings (SSSR count). The Morgan fingerprint density at radius 2 is 2.12 bits per heavy atom. The number of primary sulfonamides is 1. The van der Waals surface area contributed by atoms with Gasteiger partial charge in [0.25, 0.3) is 0 Å². The van der Waals surface area contributed by atoms with Gasteiger partial charge in [0, 0.05) is 12.1 Å². The predicted octanol–water partition coefficient (Wildman–Crippen LogP) is -0.0124. The van der Waals surface area contributed by atoms with Crippen molar-refractivity contribution in [2.75, 3.05) is 0 Å². The molecule has 7 heteroatoms. The Morgan fingerprint density at radius 1 is 1.35 bits per heavy atom. The predicted molar refractivity (Wildman–Crippen MR) is 61.9 cm³/mol. The van der Waals surface area contributed by atoms with Crippen molar-refractivity contribution in [2.45, 2.75) is 36.3 Å². The maximum Gasteiger partial charge on any atom is 0.239 e. The Balaban J connectivity index is 2.04. The summed E-state index contributed by atoms with van der Waals surface area (Å²) in [4.78, 5) is 3.89. The SMILES string of the molecule is NC1CCC(Oc2ccc(S(N)(=O)=O)cn2)C1. The molecule has 2 atom stereocenters. The van der Waals surface area contributed by atoms with Crippen LogP contribution in [0.3, 0.4) is 0 Å². The zero-order valence-electron chi connectivity index (χ0n) is 9.24. The number of hydrogen-bond acceptors (Lipinski definition) is 5. The summed E-state index contributed by atoms with van der Waals surface area (Å²) in [5.74, 6) is 0.400. The van der Waals surface area contributed by atoms with E-state index in [1.165, 1.54) is 18.3 Å². The molecule has 2 unspecified atom stereocenters. The van der Waals surface area contributed by atoms with E-state index in [0.29, 0.717) is 5.88 Å². The lowest BCUT2D eigenvalue weighted by atomic mass is 10.3. The lowest BCUT2D eigenvalue weighted by Gasteiger charge is -2.12. The second kappa shape index (κ2) is 4.59. The van der Waals surface area contributed by atoms with Gasteiger partial charge >= 0.3 is 0 Å². The molecule has 17 heavy (non-hydrogen) atoms.